The van der Waals surface area contributed by atoms with Gasteiger partial charge >= 0.3 is 0 Å². The van der Waals surface area contributed by atoms with E-state index >= 15 is 0 Å². The molecule has 6 heteroatoms. The molecule has 1 aliphatic rings. The van der Waals surface area contributed by atoms with Gasteiger partial charge in [-0.1, -0.05) is 6.92 Å². The summed E-state index contributed by atoms with van der Waals surface area (Å²) in [6, 6.07) is -0.340. The van der Waals surface area contributed by atoms with E-state index in [-0.39, 0.29) is 17.9 Å². The van der Waals surface area contributed by atoms with Crippen LogP contribution in [0.1, 0.15) is 19.8 Å². The molecule has 2 amide bonds. The summed E-state index contributed by atoms with van der Waals surface area (Å²) in [5.41, 5.74) is 5.19. The van der Waals surface area contributed by atoms with Gasteiger partial charge in [-0.2, -0.15) is 0 Å². The number of carbonyl (C=O) groups is 2. The van der Waals surface area contributed by atoms with Crippen LogP contribution in [0.25, 0.3) is 0 Å². The highest BCUT2D eigenvalue weighted by Crippen LogP contribution is 2.00. The van der Waals surface area contributed by atoms with E-state index in [0.717, 1.165) is 0 Å². The van der Waals surface area contributed by atoms with Crippen molar-refractivity contribution in [1.82, 2.24) is 10.2 Å². The molecule has 0 aromatic carbocycles. The number of rotatable bonds is 6. The smallest absolute Gasteiger partial charge is 0.234 e. The van der Waals surface area contributed by atoms with Gasteiger partial charge in [0.25, 0.3) is 0 Å². The number of amides is 2. The SMILES string of the molecule is CCC(NCCC(=O)N1CCOCC1)C(N)=O. The van der Waals surface area contributed by atoms with Crippen molar-refractivity contribution in [2.75, 3.05) is 32.8 Å². The summed E-state index contributed by atoms with van der Waals surface area (Å²) in [5, 5.41) is 2.99. The Morgan fingerprint density at radius 1 is 1.41 bits per heavy atom. The Kier molecular flexibility index (Phi) is 5.93. The molecule has 1 saturated heterocycles. The van der Waals surface area contributed by atoms with E-state index in [9.17, 15) is 9.59 Å². The molecular formula is C11H21N3O3. The topological polar surface area (TPSA) is 84.7 Å². The first-order chi connectivity index (χ1) is 8.15. The van der Waals surface area contributed by atoms with Crippen molar-refractivity contribution in [3.05, 3.63) is 0 Å². The molecule has 1 atom stereocenters. The summed E-state index contributed by atoms with van der Waals surface area (Å²) in [5.74, 6) is -0.272. The molecule has 0 saturated carbocycles. The summed E-state index contributed by atoms with van der Waals surface area (Å²) >= 11 is 0. The van der Waals surface area contributed by atoms with Gasteiger partial charge in [0.05, 0.1) is 19.3 Å². The van der Waals surface area contributed by atoms with Crippen molar-refractivity contribution in [3.63, 3.8) is 0 Å². The lowest BCUT2D eigenvalue weighted by molar-refractivity contribution is -0.135. The van der Waals surface area contributed by atoms with Crippen molar-refractivity contribution < 1.29 is 14.3 Å². The van der Waals surface area contributed by atoms with Crippen LogP contribution in [0, 0.1) is 0 Å². The van der Waals surface area contributed by atoms with E-state index < -0.39 is 0 Å². The van der Waals surface area contributed by atoms with Crippen LogP contribution in [-0.2, 0) is 14.3 Å². The minimum atomic E-state index is -0.369. The van der Waals surface area contributed by atoms with Crippen LogP contribution in [0.4, 0.5) is 0 Å². The van der Waals surface area contributed by atoms with E-state index in [1.54, 1.807) is 4.90 Å². The van der Waals surface area contributed by atoms with Crippen molar-refractivity contribution in [3.8, 4) is 0 Å². The predicted octanol–water partition coefficient (Wildman–Crippen LogP) is -0.911. The van der Waals surface area contributed by atoms with Gasteiger partial charge in [-0.25, -0.2) is 0 Å². The van der Waals surface area contributed by atoms with Crippen molar-refractivity contribution in [2.45, 2.75) is 25.8 Å². The van der Waals surface area contributed by atoms with Gasteiger partial charge in [0.1, 0.15) is 0 Å². The minimum Gasteiger partial charge on any atom is -0.378 e. The van der Waals surface area contributed by atoms with Gasteiger partial charge < -0.3 is 20.7 Å². The molecule has 0 aliphatic carbocycles. The second-order valence-electron chi connectivity index (χ2n) is 4.06. The number of morpholine rings is 1. The number of carbonyl (C=O) groups excluding carboxylic acids is 2. The first-order valence-corrected chi connectivity index (χ1v) is 6.03. The highest BCUT2D eigenvalue weighted by Gasteiger charge is 2.17. The molecule has 98 valence electrons. The monoisotopic (exact) mass is 243 g/mol. The number of nitrogens with one attached hydrogen (secondary N) is 1. The standard InChI is InChI=1S/C11H21N3O3/c1-2-9(11(12)16)13-4-3-10(15)14-5-7-17-8-6-14/h9,13H,2-8H2,1H3,(H2,12,16). The lowest BCUT2D eigenvalue weighted by Gasteiger charge is -2.27. The van der Waals surface area contributed by atoms with E-state index in [1.165, 1.54) is 0 Å². The summed E-state index contributed by atoms with van der Waals surface area (Å²) < 4.78 is 5.17. The van der Waals surface area contributed by atoms with Gasteiger partial charge in [-0.3, -0.25) is 9.59 Å². The molecule has 1 heterocycles. The third-order valence-corrected chi connectivity index (χ3v) is 2.85. The maximum atomic E-state index is 11.8. The Morgan fingerprint density at radius 2 is 2.06 bits per heavy atom. The zero-order valence-electron chi connectivity index (χ0n) is 10.3. The molecule has 1 fully saturated rings. The van der Waals surface area contributed by atoms with Crippen LogP contribution in [-0.4, -0.2) is 55.6 Å². The fourth-order valence-electron chi connectivity index (χ4n) is 1.77. The number of nitrogens with zero attached hydrogens (tertiary/aromatic N) is 1. The molecule has 6 nitrogen and oxygen atoms in total. The molecule has 1 aliphatic heterocycles. The highest BCUT2D eigenvalue weighted by atomic mass is 16.5. The zero-order chi connectivity index (χ0) is 12.7. The van der Waals surface area contributed by atoms with Crippen LogP contribution < -0.4 is 11.1 Å². The molecule has 0 aromatic heterocycles. The van der Waals surface area contributed by atoms with Gasteiger partial charge in [-0.15, -0.1) is 0 Å². The fraction of sp³-hybridized carbons (Fsp3) is 0.818. The first kappa shape index (κ1) is 13.9. The molecule has 3 N–H and O–H groups in total. The quantitative estimate of drug-likeness (QED) is 0.632. The molecule has 0 aromatic rings. The van der Waals surface area contributed by atoms with E-state index in [4.69, 9.17) is 10.5 Å². The Labute approximate surface area is 101 Å². The van der Waals surface area contributed by atoms with Crippen LogP contribution in [0.3, 0.4) is 0 Å². The zero-order valence-corrected chi connectivity index (χ0v) is 10.3. The van der Waals surface area contributed by atoms with E-state index in [1.807, 2.05) is 6.92 Å². The molecule has 0 spiro atoms. The van der Waals surface area contributed by atoms with Gasteiger partial charge in [0.2, 0.25) is 11.8 Å². The lowest BCUT2D eigenvalue weighted by Crippen LogP contribution is -2.44. The normalized spacial score (nSPS) is 17.8. The summed E-state index contributed by atoms with van der Waals surface area (Å²) in [6.45, 7) is 4.90. The fourth-order valence-corrected chi connectivity index (χ4v) is 1.77. The molecule has 17 heavy (non-hydrogen) atoms. The third kappa shape index (κ3) is 4.70. The number of nitrogens with two attached hydrogens (primary N) is 1. The van der Waals surface area contributed by atoms with E-state index in [0.29, 0.717) is 45.7 Å². The Morgan fingerprint density at radius 3 is 2.59 bits per heavy atom. The Bertz CT molecular complexity index is 265. The number of hydrogen-bond acceptors (Lipinski definition) is 4. The molecule has 1 unspecified atom stereocenters. The van der Waals surface area contributed by atoms with Crippen molar-refractivity contribution in [1.29, 1.82) is 0 Å². The Balaban J connectivity index is 2.20. The van der Waals surface area contributed by atoms with Gasteiger partial charge in [-0.05, 0) is 6.42 Å². The second kappa shape index (κ2) is 7.24. The number of primary amides is 1. The number of ether oxygens (including phenoxy) is 1. The second-order valence-corrected chi connectivity index (χ2v) is 4.06. The largest absolute Gasteiger partial charge is 0.378 e. The highest BCUT2D eigenvalue weighted by molar-refractivity contribution is 5.80. The molecule has 1 rings (SSSR count). The predicted molar refractivity (Wildman–Crippen MR) is 63.3 cm³/mol. The average Bonchev–Trinajstić information content (AvgIpc) is 2.35. The maximum Gasteiger partial charge on any atom is 0.234 e. The summed E-state index contributed by atoms with van der Waals surface area (Å²) in [6.07, 6.45) is 1.03. The van der Waals surface area contributed by atoms with E-state index in [2.05, 4.69) is 5.32 Å². The van der Waals surface area contributed by atoms with Gasteiger partial charge in [0.15, 0.2) is 0 Å². The first-order valence-electron chi connectivity index (χ1n) is 6.03. The number of hydrogen-bond donors (Lipinski definition) is 2. The average molecular weight is 243 g/mol. The molecular weight excluding hydrogens is 222 g/mol. The summed E-state index contributed by atoms with van der Waals surface area (Å²) in [4.78, 5) is 24.5. The third-order valence-electron chi connectivity index (χ3n) is 2.85. The molecule has 0 bridgehead atoms. The van der Waals surface area contributed by atoms with Crippen LogP contribution in [0.15, 0.2) is 0 Å². The van der Waals surface area contributed by atoms with Crippen molar-refractivity contribution >= 4 is 11.8 Å². The van der Waals surface area contributed by atoms with Crippen LogP contribution in [0.5, 0.6) is 0 Å². The minimum absolute atomic E-state index is 0.0973. The van der Waals surface area contributed by atoms with Crippen LogP contribution in [0.2, 0.25) is 0 Å². The Hall–Kier alpha value is -1.14. The van der Waals surface area contributed by atoms with Crippen LogP contribution >= 0.6 is 0 Å². The molecule has 0 radical (unpaired) electrons. The lowest BCUT2D eigenvalue weighted by atomic mass is 10.2. The van der Waals surface area contributed by atoms with Gasteiger partial charge in [0, 0.05) is 26.1 Å². The maximum absolute atomic E-state index is 11.8. The summed E-state index contributed by atoms with van der Waals surface area (Å²) in [7, 11) is 0. The van der Waals surface area contributed by atoms with Crippen molar-refractivity contribution in [2.24, 2.45) is 5.73 Å².